The van der Waals surface area contributed by atoms with E-state index in [1.807, 2.05) is 0 Å². The Bertz CT molecular complexity index is 334. The van der Waals surface area contributed by atoms with Crippen LogP contribution in [0.25, 0.3) is 0 Å². The van der Waals surface area contributed by atoms with Gasteiger partial charge in [0, 0.05) is 29.2 Å². The van der Waals surface area contributed by atoms with Crippen molar-refractivity contribution in [1.82, 2.24) is 10.4 Å². The van der Waals surface area contributed by atoms with Gasteiger partial charge in [-0.25, -0.2) is 5.01 Å². The normalized spacial score (nSPS) is 10.4. The predicted molar refractivity (Wildman–Crippen MR) is 60.3 cm³/mol. The Hall–Kier alpha value is -0.580. The van der Waals surface area contributed by atoms with Gasteiger partial charge in [-0.15, -0.1) is 0 Å². The molecule has 0 spiro atoms. The summed E-state index contributed by atoms with van der Waals surface area (Å²) in [5.41, 5.74) is 3.15. The molecule has 0 saturated carbocycles. The van der Waals surface area contributed by atoms with Crippen LogP contribution in [0.2, 0.25) is 5.02 Å². The van der Waals surface area contributed by atoms with E-state index in [4.69, 9.17) is 11.6 Å². The van der Waals surface area contributed by atoms with Crippen LogP contribution in [-0.4, -0.2) is 25.0 Å². The zero-order chi connectivity index (χ0) is 10.7. The van der Waals surface area contributed by atoms with Gasteiger partial charge in [0.05, 0.1) is 0 Å². The summed E-state index contributed by atoms with van der Waals surface area (Å²) in [6, 6.07) is 5.06. The molecule has 1 aromatic rings. The van der Waals surface area contributed by atoms with Gasteiger partial charge in [0.15, 0.2) is 0 Å². The molecular formula is C9H10BrClN2O. The molecule has 76 valence electrons. The monoisotopic (exact) mass is 276 g/mol. The highest BCUT2D eigenvalue weighted by Gasteiger charge is 2.07. The number of rotatable bonds is 2. The SMILES string of the molecule is CN(C)NC(=O)c1cc(Cl)cc(Br)c1. The predicted octanol–water partition coefficient (Wildman–Crippen LogP) is 2.31. The van der Waals surface area contributed by atoms with E-state index in [2.05, 4.69) is 21.4 Å². The van der Waals surface area contributed by atoms with Crippen molar-refractivity contribution in [3.63, 3.8) is 0 Å². The van der Waals surface area contributed by atoms with Gasteiger partial charge in [0.1, 0.15) is 0 Å². The summed E-state index contributed by atoms with van der Waals surface area (Å²) in [5.74, 6) is -0.182. The number of carbonyl (C=O) groups excluding carboxylic acids is 1. The largest absolute Gasteiger partial charge is 0.285 e. The second-order valence-corrected chi connectivity index (χ2v) is 4.35. The van der Waals surface area contributed by atoms with Crippen molar-refractivity contribution in [1.29, 1.82) is 0 Å². The molecule has 0 heterocycles. The molecule has 0 aromatic heterocycles. The van der Waals surface area contributed by atoms with Crippen LogP contribution in [0, 0.1) is 0 Å². The molecule has 1 rings (SSSR count). The van der Waals surface area contributed by atoms with Crippen LogP contribution in [0.15, 0.2) is 22.7 Å². The van der Waals surface area contributed by atoms with Crippen molar-refractivity contribution in [2.24, 2.45) is 0 Å². The third-order valence-electron chi connectivity index (χ3n) is 1.45. The maximum atomic E-state index is 11.5. The Labute approximate surface area is 96.1 Å². The molecule has 1 aromatic carbocycles. The third kappa shape index (κ3) is 3.29. The van der Waals surface area contributed by atoms with Gasteiger partial charge in [0.2, 0.25) is 0 Å². The molecule has 1 N–H and O–H groups in total. The van der Waals surface area contributed by atoms with Crippen molar-refractivity contribution in [2.45, 2.75) is 0 Å². The fourth-order valence-electron chi connectivity index (χ4n) is 0.953. The van der Waals surface area contributed by atoms with E-state index in [0.717, 1.165) is 4.47 Å². The van der Waals surface area contributed by atoms with Crippen molar-refractivity contribution in [2.75, 3.05) is 14.1 Å². The van der Waals surface area contributed by atoms with Crippen molar-refractivity contribution >= 4 is 33.4 Å². The van der Waals surface area contributed by atoms with Crippen LogP contribution in [0.4, 0.5) is 0 Å². The summed E-state index contributed by atoms with van der Waals surface area (Å²) in [6.45, 7) is 0. The lowest BCUT2D eigenvalue weighted by Crippen LogP contribution is -2.36. The number of hydrazine groups is 1. The molecule has 0 unspecified atom stereocenters. The number of nitrogens with zero attached hydrogens (tertiary/aromatic N) is 1. The smallest absolute Gasteiger partial charge is 0.265 e. The molecule has 1 amide bonds. The number of carbonyl (C=O) groups is 1. The molecular weight excluding hydrogens is 267 g/mol. The fraction of sp³-hybridized carbons (Fsp3) is 0.222. The summed E-state index contributed by atoms with van der Waals surface area (Å²) >= 11 is 9.08. The van der Waals surface area contributed by atoms with Crippen LogP contribution in [0.3, 0.4) is 0 Å². The van der Waals surface area contributed by atoms with Crippen molar-refractivity contribution in [3.05, 3.63) is 33.3 Å². The summed E-state index contributed by atoms with van der Waals surface area (Å²) in [6.07, 6.45) is 0. The van der Waals surface area contributed by atoms with Crippen LogP contribution >= 0.6 is 27.5 Å². The molecule has 0 atom stereocenters. The minimum absolute atomic E-state index is 0.182. The van der Waals surface area contributed by atoms with E-state index in [-0.39, 0.29) is 5.91 Å². The number of amides is 1. The van der Waals surface area contributed by atoms with Gasteiger partial charge in [-0.05, 0) is 18.2 Å². The fourth-order valence-corrected chi connectivity index (χ4v) is 1.81. The number of hydrogen-bond donors (Lipinski definition) is 1. The summed E-state index contributed by atoms with van der Waals surface area (Å²) in [7, 11) is 3.50. The Morgan fingerprint density at radius 1 is 1.43 bits per heavy atom. The van der Waals surface area contributed by atoms with Crippen LogP contribution in [0.5, 0.6) is 0 Å². The maximum Gasteiger partial charge on any atom is 0.265 e. The molecule has 0 aliphatic heterocycles. The van der Waals surface area contributed by atoms with Crippen molar-refractivity contribution < 1.29 is 4.79 Å². The Kier molecular flexibility index (Phi) is 3.92. The highest BCUT2D eigenvalue weighted by molar-refractivity contribution is 9.10. The third-order valence-corrected chi connectivity index (χ3v) is 2.13. The number of halogens is 2. The highest BCUT2D eigenvalue weighted by atomic mass is 79.9. The maximum absolute atomic E-state index is 11.5. The zero-order valence-electron chi connectivity index (χ0n) is 7.84. The second-order valence-electron chi connectivity index (χ2n) is 2.99. The Morgan fingerprint density at radius 3 is 2.57 bits per heavy atom. The van der Waals surface area contributed by atoms with Gasteiger partial charge in [-0.2, -0.15) is 0 Å². The van der Waals surface area contributed by atoms with E-state index in [0.29, 0.717) is 10.6 Å². The minimum atomic E-state index is -0.182. The van der Waals surface area contributed by atoms with Crippen LogP contribution in [-0.2, 0) is 0 Å². The first kappa shape index (κ1) is 11.5. The van der Waals surface area contributed by atoms with E-state index in [1.54, 1.807) is 37.3 Å². The molecule has 0 radical (unpaired) electrons. The van der Waals surface area contributed by atoms with Gasteiger partial charge < -0.3 is 0 Å². The van der Waals surface area contributed by atoms with Gasteiger partial charge in [-0.3, -0.25) is 10.2 Å². The lowest BCUT2D eigenvalue weighted by atomic mass is 10.2. The van der Waals surface area contributed by atoms with Gasteiger partial charge >= 0.3 is 0 Å². The number of hydrogen-bond acceptors (Lipinski definition) is 2. The molecule has 3 nitrogen and oxygen atoms in total. The number of benzene rings is 1. The second kappa shape index (κ2) is 4.77. The molecule has 5 heteroatoms. The van der Waals surface area contributed by atoms with E-state index in [9.17, 15) is 4.79 Å². The van der Waals surface area contributed by atoms with Gasteiger partial charge in [0.25, 0.3) is 5.91 Å². The average molecular weight is 278 g/mol. The highest BCUT2D eigenvalue weighted by Crippen LogP contribution is 2.19. The Morgan fingerprint density at radius 2 is 2.07 bits per heavy atom. The van der Waals surface area contributed by atoms with Crippen molar-refractivity contribution in [3.8, 4) is 0 Å². The first-order valence-corrected chi connectivity index (χ1v) is 5.10. The molecule has 14 heavy (non-hydrogen) atoms. The van der Waals surface area contributed by atoms with Gasteiger partial charge in [-0.1, -0.05) is 27.5 Å². The van der Waals surface area contributed by atoms with Crippen LogP contribution in [0.1, 0.15) is 10.4 Å². The first-order valence-electron chi connectivity index (χ1n) is 3.93. The summed E-state index contributed by atoms with van der Waals surface area (Å²) in [5, 5.41) is 2.11. The molecule has 0 aliphatic carbocycles. The van der Waals surface area contributed by atoms with Crippen LogP contribution < -0.4 is 5.43 Å². The molecule has 0 saturated heterocycles. The number of nitrogens with one attached hydrogen (secondary N) is 1. The lowest BCUT2D eigenvalue weighted by molar-refractivity contribution is 0.0857. The molecule has 0 fully saturated rings. The quantitative estimate of drug-likeness (QED) is 0.842. The minimum Gasteiger partial charge on any atom is -0.285 e. The first-order chi connectivity index (χ1) is 6.49. The average Bonchev–Trinajstić information content (AvgIpc) is 2.00. The molecule has 0 bridgehead atoms. The van der Waals surface area contributed by atoms with E-state index in [1.165, 1.54) is 0 Å². The standard InChI is InChI=1S/C9H10BrClN2O/c1-13(2)12-9(14)6-3-7(10)5-8(11)4-6/h3-5H,1-2H3,(H,12,14). The lowest BCUT2D eigenvalue weighted by Gasteiger charge is -2.11. The summed E-state index contributed by atoms with van der Waals surface area (Å²) in [4.78, 5) is 11.5. The molecule has 0 aliphatic rings. The van der Waals surface area contributed by atoms with E-state index >= 15 is 0 Å². The Balaban J connectivity index is 2.90. The summed E-state index contributed by atoms with van der Waals surface area (Å²) < 4.78 is 0.786. The topological polar surface area (TPSA) is 32.3 Å². The van der Waals surface area contributed by atoms with E-state index < -0.39 is 0 Å². The zero-order valence-corrected chi connectivity index (χ0v) is 10.2.